The number of hydrogen-bond acceptors (Lipinski definition) is 3. The first-order valence-corrected chi connectivity index (χ1v) is 8.22. The average molecular weight is 355 g/mol. The molecule has 0 bridgehead atoms. The number of nitrogens with zero attached hydrogens (tertiary/aromatic N) is 1. The predicted octanol–water partition coefficient (Wildman–Crippen LogP) is 3.06. The summed E-state index contributed by atoms with van der Waals surface area (Å²) in [5, 5.41) is 3.32. The van der Waals surface area contributed by atoms with E-state index in [2.05, 4.69) is 21.2 Å². The standard InChI is InChI=1S/C16H23BrN2O2/c1-11(2)21-15-9-12(8-13(17)10-15)16(20)19(3)14-4-6-18-7-5-14/h8-11,14,18H,4-7H2,1-3H3. The second kappa shape index (κ2) is 7.27. The van der Waals surface area contributed by atoms with Crippen LogP contribution in [-0.2, 0) is 0 Å². The third kappa shape index (κ3) is 4.45. The first kappa shape index (κ1) is 16.3. The van der Waals surface area contributed by atoms with Gasteiger partial charge >= 0.3 is 0 Å². The van der Waals surface area contributed by atoms with Crippen LogP contribution in [0.3, 0.4) is 0 Å². The Balaban J connectivity index is 2.15. The molecule has 1 amide bonds. The van der Waals surface area contributed by atoms with Crippen LogP contribution in [0.2, 0.25) is 0 Å². The van der Waals surface area contributed by atoms with E-state index in [4.69, 9.17) is 4.74 Å². The van der Waals surface area contributed by atoms with Crippen molar-refractivity contribution in [2.75, 3.05) is 20.1 Å². The number of nitrogens with one attached hydrogen (secondary N) is 1. The largest absolute Gasteiger partial charge is 0.491 e. The Morgan fingerprint density at radius 3 is 2.62 bits per heavy atom. The summed E-state index contributed by atoms with van der Waals surface area (Å²) in [7, 11) is 1.89. The van der Waals surface area contributed by atoms with E-state index < -0.39 is 0 Å². The van der Waals surface area contributed by atoms with Gasteiger partial charge in [-0.1, -0.05) is 15.9 Å². The summed E-state index contributed by atoms with van der Waals surface area (Å²) < 4.78 is 6.56. The molecule has 5 heteroatoms. The van der Waals surface area contributed by atoms with Crippen LogP contribution in [-0.4, -0.2) is 43.1 Å². The van der Waals surface area contributed by atoms with E-state index in [1.165, 1.54) is 0 Å². The molecule has 116 valence electrons. The normalized spacial score (nSPS) is 16.0. The fourth-order valence-electron chi connectivity index (χ4n) is 2.59. The minimum Gasteiger partial charge on any atom is -0.491 e. The predicted molar refractivity (Wildman–Crippen MR) is 87.9 cm³/mol. The Hall–Kier alpha value is -1.07. The second-order valence-corrected chi connectivity index (χ2v) is 6.66. The molecule has 1 aromatic rings. The number of piperidine rings is 1. The minimum absolute atomic E-state index is 0.0526. The molecule has 1 aliphatic heterocycles. The van der Waals surface area contributed by atoms with Crippen LogP contribution in [0.1, 0.15) is 37.0 Å². The van der Waals surface area contributed by atoms with E-state index >= 15 is 0 Å². The zero-order chi connectivity index (χ0) is 15.4. The number of rotatable bonds is 4. The lowest BCUT2D eigenvalue weighted by Gasteiger charge is -2.31. The Bertz CT molecular complexity index is 499. The number of ether oxygens (including phenoxy) is 1. The molecular formula is C16H23BrN2O2. The smallest absolute Gasteiger partial charge is 0.254 e. The fourth-order valence-corrected chi connectivity index (χ4v) is 3.06. The van der Waals surface area contributed by atoms with E-state index in [0.29, 0.717) is 11.6 Å². The maximum absolute atomic E-state index is 12.7. The van der Waals surface area contributed by atoms with E-state index in [1.807, 2.05) is 44.0 Å². The van der Waals surface area contributed by atoms with E-state index in [9.17, 15) is 4.79 Å². The van der Waals surface area contributed by atoms with E-state index in [-0.39, 0.29) is 12.0 Å². The summed E-state index contributed by atoms with van der Waals surface area (Å²) in [5.74, 6) is 0.776. The lowest BCUT2D eigenvalue weighted by molar-refractivity contribution is 0.0702. The minimum atomic E-state index is 0.0526. The van der Waals surface area contributed by atoms with Crippen molar-refractivity contribution >= 4 is 21.8 Å². The molecule has 2 rings (SSSR count). The van der Waals surface area contributed by atoms with Gasteiger partial charge in [0.1, 0.15) is 5.75 Å². The molecule has 0 atom stereocenters. The van der Waals surface area contributed by atoms with Crippen LogP contribution in [0.5, 0.6) is 5.75 Å². The van der Waals surface area contributed by atoms with Crippen LogP contribution in [0, 0.1) is 0 Å². The Kier molecular flexibility index (Phi) is 5.65. The highest BCUT2D eigenvalue weighted by atomic mass is 79.9. The molecule has 1 fully saturated rings. The second-order valence-electron chi connectivity index (χ2n) is 5.74. The van der Waals surface area contributed by atoms with Gasteiger partial charge in [-0.25, -0.2) is 0 Å². The van der Waals surface area contributed by atoms with E-state index in [0.717, 1.165) is 36.2 Å². The number of amides is 1. The highest BCUT2D eigenvalue weighted by Gasteiger charge is 2.23. The molecule has 0 aliphatic carbocycles. The number of benzene rings is 1. The molecule has 1 aliphatic rings. The van der Waals surface area contributed by atoms with Crippen molar-refractivity contribution in [3.63, 3.8) is 0 Å². The first-order valence-electron chi connectivity index (χ1n) is 7.42. The third-order valence-electron chi connectivity index (χ3n) is 3.67. The van der Waals surface area contributed by atoms with Gasteiger partial charge in [0.2, 0.25) is 0 Å². The Morgan fingerprint density at radius 1 is 1.33 bits per heavy atom. The summed E-state index contributed by atoms with van der Waals surface area (Å²) in [6, 6.07) is 5.88. The van der Waals surface area contributed by atoms with Crippen molar-refractivity contribution in [1.82, 2.24) is 10.2 Å². The van der Waals surface area contributed by atoms with E-state index in [1.54, 1.807) is 0 Å². The number of halogens is 1. The third-order valence-corrected chi connectivity index (χ3v) is 4.12. The van der Waals surface area contributed by atoms with Gasteiger partial charge in [-0.15, -0.1) is 0 Å². The number of carbonyl (C=O) groups excluding carboxylic acids is 1. The van der Waals surface area contributed by atoms with Gasteiger partial charge in [0, 0.05) is 23.1 Å². The highest BCUT2D eigenvalue weighted by molar-refractivity contribution is 9.10. The van der Waals surface area contributed by atoms with Crippen LogP contribution in [0.25, 0.3) is 0 Å². The SMILES string of the molecule is CC(C)Oc1cc(Br)cc(C(=O)N(C)C2CCNCC2)c1. The molecule has 1 aromatic carbocycles. The van der Waals surface area contributed by atoms with Crippen LogP contribution in [0.4, 0.5) is 0 Å². The Morgan fingerprint density at radius 2 is 2.00 bits per heavy atom. The summed E-state index contributed by atoms with van der Waals surface area (Å²) in [5.41, 5.74) is 0.668. The van der Waals surface area contributed by atoms with Crippen molar-refractivity contribution in [2.45, 2.75) is 38.8 Å². The molecule has 1 N–H and O–H groups in total. The van der Waals surface area contributed by atoms with Gasteiger partial charge in [0.15, 0.2) is 0 Å². The zero-order valence-electron chi connectivity index (χ0n) is 12.9. The summed E-state index contributed by atoms with van der Waals surface area (Å²) in [6.07, 6.45) is 2.10. The molecular weight excluding hydrogens is 332 g/mol. The topological polar surface area (TPSA) is 41.6 Å². The first-order chi connectivity index (χ1) is 9.97. The maximum Gasteiger partial charge on any atom is 0.254 e. The van der Waals surface area contributed by atoms with Gasteiger partial charge in [-0.3, -0.25) is 4.79 Å². The molecule has 0 radical (unpaired) electrons. The molecule has 1 saturated heterocycles. The monoisotopic (exact) mass is 354 g/mol. The highest BCUT2D eigenvalue weighted by Crippen LogP contribution is 2.24. The lowest BCUT2D eigenvalue weighted by atomic mass is 10.0. The van der Waals surface area contributed by atoms with Crippen LogP contribution in [0.15, 0.2) is 22.7 Å². The molecule has 0 spiro atoms. The van der Waals surface area contributed by atoms with Crippen LogP contribution < -0.4 is 10.1 Å². The van der Waals surface area contributed by atoms with Gasteiger partial charge < -0.3 is 15.0 Å². The molecule has 0 saturated carbocycles. The van der Waals surface area contributed by atoms with Crippen molar-refractivity contribution < 1.29 is 9.53 Å². The number of carbonyl (C=O) groups is 1. The summed E-state index contributed by atoms with van der Waals surface area (Å²) in [4.78, 5) is 14.5. The van der Waals surface area contributed by atoms with Crippen molar-refractivity contribution in [2.24, 2.45) is 0 Å². The van der Waals surface area contributed by atoms with Gasteiger partial charge in [0.05, 0.1) is 6.10 Å². The van der Waals surface area contributed by atoms with Crippen molar-refractivity contribution in [3.8, 4) is 5.75 Å². The molecule has 0 aromatic heterocycles. The molecule has 0 unspecified atom stereocenters. The van der Waals surface area contributed by atoms with Gasteiger partial charge in [-0.2, -0.15) is 0 Å². The molecule has 21 heavy (non-hydrogen) atoms. The summed E-state index contributed by atoms with van der Waals surface area (Å²) in [6.45, 7) is 5.90. The fraction of sp³-hybridized carbons (Fsp3) is 0.562. The lowest BCUT2D eigenvalue weighted by Crippen LogP contribution is -2.43. The van der Waals surface area contributed by atoms with Crippen molar-refractivity contribution in [3.05, 3.63) is 28.2 Å². The molecule has 1 heterocycles. The number of hydrogen-bond donors (Lipinski definition) is 1. The zero-order valence-corrected chi connectivity index (χ0v) is 14.4. The average Bonchev–Trinajstić information content (AvgIpc) is 2.45. The maximum atomic E-state index is 12.7. The van der Waals surface area contributed by atoms with Gasteiger partial charge in [-0.05, 0) is 58.0 Å². The van der Waals surface area contributed by atoms with Gasteiger partial charge in [0.25, 0.3) is 5.91 Å². The quantitative estimate of drug-likeness (QED) is 0.903. The van der Waals surface area contributed by atoms with Crippen molar-refractivity contribution in [1.29, 1.82) is 0 Å². The van der Waals surface area contributed by atoms with Crippen LogP contribution >= 0.6 is 15.9 Å². The Labute approximate surface area is 135 Å². The molecule has 4 nitrogen and oxygen atoms in total. The summed E-state index contributed by atoms with van der Waals surface area (Å²) >= 11 is 3.46.